The van der Waals surface area contributed by atoms with Crippen LogP contribution in [0.5, 0.6) is 0 Å². The molecule has 0 aliphatic heterocycles. The van der Waals surface area contributed by atoms with Crippen molar-refractivity contribution in [2.24, 2.45) is 4.99 Å². The molecule has 14 heavy (non-hydrogen) atoms. The average molecular weight is 199 g/mol. The number of nitrogens with zero attached hydrogens (tertiary/aromatic N) is 1. The van der Waals surface area contributed by atoms with Gasteiger partial charge in [0.1, 0.15) is 5.60 Å². The molecule has 0 amide bonds. The lowest BCUT2D eigenvalue weighted by Crippen LogP contribution is -2.23. The fourth-order valence-electron chi connectivity index (χ4n) is 1.03. The van der Waals surface area contributed by atoms with E-state index in [1.54, 1.807) is 7.05 Å². The van der Waals surface area contributed by atoms with Crippen molar-refractivity contribution in [3.05, 3.63) is 0 Å². The van der Waals surface area contributed by atoms with E-state index in [-0.39, 0.29) is 11.6 Å². The van der Waals surface area contributed by atoms with Gasteiger partial charge in [0.2, 0.25) is 0 Å². The Morgan fingerprint density at radius 3 is 2.50 bits per heavy atom. The smallest absolute Gasteiger partial charge is 0.306 e. The lowest BCUT2D eigenvalue weighted by Gasteiger charge is -2.19. The molecule has 0 aromatic carbocycles. The second-order valence-electron chi connectivity index (χ2n) is 4.27. The quantitative estimate of drug-likeness (QED) is 0.388. The second kappa shape index (κ2) is 6.57. The van der Waals surface area contributed by atoms with Crippen molar-refractivity contribution in [2.75, 3.05) is 7.05 Å². The number of carbonyl (C=O) groups is 1. The molecule has 0 fully saturated rings. The summed E-state index contributed by atoms with van der Waals surface area (Å²) in [4.78, 5) is 15.1. The van der Waals surface area contributed by atoms with E-state index in [0.717, 1.165) is 19.3 Å². The number of unbranched alkanes of at least 4 members (excludes halogenated alkanes) is 2. The van der Waals surface area contributed by atoms with E-state index in [2.05, 4.69) is 4.99 Å². The maximum absolute atomic E-state index is 11.2. The first kappa shape index (κ1) is 13.1. The van der Waals surface area contributed by atoms with Gasteiger partial charge in [0.15, 0.2) is 0 Å². The van der Waals surface area contributed by atoms with Crippen molar-refractivity contribution in [2.45, 2.75) is 52.1 Å². The average Bonchev–Trinajstić information content (AvgIpc) is 2.00. The molecule has 0 atom stereocenters. The molecule has 82 valence electrons. The van der Waals surface area contributed by atoms with E-state index in [9.17, 15) is 4.79 Å². The third kappa shape index (κ3) is 9.23. The van der Waals surface area contributed by atoms with Crippen molar-refractivity contribution in [3.8, 4) is 0 Å². The normalized spacial score (nSPS) is 12.0. The minimum Gasteiger partial charge on any atom is -0.460 e. The topological polar surface area (TPSA) is 38.7 Å². The van der Waals surface area contributed by atoms with Crippen LogP contribution in [0.4, 0.5) is 0 Å². The molecule has 0 heterocycles. The van der Waals surface area contributed by atoms with Crippen molar-refractivity contribution in [1.82, 2.24) is 0 Å². The summed E-state index contributed by atoms with van der Waals surface area (Å²) < 4.78 is 5.17. The van der Waals surface area contributed by atoms with Gasteiger partial charge in [0.05, 0.1) is 0 Å². The fourth-order valence-corrected chi connectivity index (χ4v) is 1.03. The number of hydrogen-bond acceptors (Lipinski definition) is 3. The maximum atomic E-state index is 11.2. The van der Waals surface area contributed by atoms with Crippen LogP contribution in [0, 0.1) is 0 Å². The van der Waals surface area contributed by atoms with Crippen LogP contribution in [0.2, 0.25) is 0 Å². The lowest BCUT2D eigenvalue weighted by molar-refractivity contribution is -0.154. The van der Waals surface area contributed by atoms with Crippen LogP contribution in [-0.4, -0.2) is 24.8 Å². The monoisotopic (exact) mass is 199 g/mol. The first-order chi connectivity index (χ1) is 6.45. The molecule has 0 aliphatic rings. The molecule has 3 nitrogen and oxygen atoms in total. The molecule has 0 aromatic heterocycles. The first-order valence-corrected chi connectivity index (χ1v) is 5.08. The summed E-state index contributed by atoms with van der Waals surface area (Å²) in [5, 5.41) is 0. The molecule has 0 radical (unpaired) electrons. The zero-order valence-corrected chi connectivity index (χ0v) is 9.67. The highest BCUT2D eigenvalue weighted by Crippen LogP contribution is 2.10. The van der Waals surface area contributed by atoms with Gasteiger partial charge in [0, 0.05) is 13.5 Å². The van der Waals surface area contributed by atoms with E-state index in [1.807, 2.05) is 27.0 Å². The molecular weight excluding hydrogens is 178 g/mol. The molecule has 0 saturated heterocycles. The Hall–Kier alpha value is -0.860. The molecule has 0 N–H and O–H groups in total. The third-order valence-electron chi connectivity index (χ3n) is 1.57. The van der Waals surface area contributed by atoms with Gasteiger partial charge in [-0.1, -0.05) is 0 Å². The standard InChI is InChI=1S/C11H21NO2/c1-11(2,3)14-10(13)8-6-5-7-9-12-4/h9H,5-8H2,1-4H3. The minimum absolute atomic E-state index is 0.106. The molecule has 3 heteroatoms. The van der Waals surface area contributed by atoms with Crippen LogP contribution in [0.15, 0.2) is 4.99 Å². The van der Waals surface area contributed by atoms with Crippen LogP contribution >= 0.6 is 0 Å². The number of hydrogen-bond donors (Lipinski definition) is 0. The van der Waals surface area contributed by atoms with Crippen LogP contribution in [0.1, 0.15) is 46.5 Å². The van der Waals surface area contributed by atoms with Gasteiger partial charge in [-0.15, -0.1) is 0 Å². The van der Waals surface area contributed by atoms with E-state index in [1.165, 1.54) is 0 Å². The van der Waals surface area contributed by atoms with Crippen LogP contribution < -0.4 is 0 Å². The van der Waals surface area contributed by atoms with Gasteiger partial charge in [-0.3, -0.25) is 4.79 Å². The zero-order chi connectivity index (χ0) is 11.0. The first-order valence-electron chi connectivity index (χ1n) is 5.08. The van der Waals surface area contributed by atoms with Gasteiger partial charge in [-0.05, 0) is 46.2 Å². The Morgan fingerprint density at radius 2 is 2.00 bits per heavy atom. The largest absolute Gasteiger partial charge is 0.460 e. The third-order valence-corrected chi connectivity index (χ3v) is 1.57. The van der Waals surface area contributed by atoms with Crippen LogP contribution in [-0.2, 0) is 9.53 Å². The van der Waals surface area contributed by atoms with Crippen molar-refractivity contribution in [1.29, 1.82) is 0 Å². The Labute approximate surface area is 86.6 Å². The zero-order valence-electron chi connectivity index (χ0n) is 9.67. The van der Waals surface area contributed by atoms with Crippen LogP contribution in [0.3, 0.4) is 0 Å². The van der Waals surface area contributed by atoms with Gasteiger partial charge in [-0.25, -0.2) is 0 Å². The van der Waals surface area contributed by atoms with Crippen molar-refractivity contribution >= 4 is 12.2 Å². The van der Waals surface area contributed by atoms with Gasteiger partial charge < -0.3 is 9.73 Å². The number of carbonyl (C=O) groups excluding carboxylic acids is 1. The van der Waals surface area contributed by atoms with Gasteiger partial charge >= 0.3 is 5.97 Å². The summed E-state index contributed by atoms with van der Waals surface area (Å²) in [6.45, 7) is 5.65. The van der Waals surface area contributed by atoms with Gasteiger partial charge in [-0.2, -0.15) is 0 Å². The summed E-state index contributed by atoms with van der Waals surface area (Å²) in [6, 6.07) is 0. The molecule has 0 aromatic rings. The Kier molecular flexibility index (Phi) is 6.17. The molecule has 0 rings (SSSR count). The molecule has 0 spiro atoms. The summed E-state index contributed by atoms with van der Waals surface area (Å²) in [7, 11) is 1.76. The molecule has 0 aliphatic carbocycles. The summed E-state index contributed by atoms with van der Waals surface area (Å²) >= 11 is 0. The van der Waals surface area contributed by atoms with Gasteiger partial charge in [0.25, 0.3) is 0 Å². The highest BCUT2D eigenvalue weighted by atomic mass is 16.6. The highest BCUT2D eigenvalue weighted by molar-refractivity contribution is 5.69. The number of ether oxygens (including phenoxy) is 1. The summed E-state index contributed by atoms with van der Waals surface area (Å²) in [5.74, 6) is -0.106. The molecule has 0 saturated carbocycles. The van der Waals surface area contributed by atoms with E-state index in [4.69, 9.17) is 4.74 Å². The number of rotatable bonds is 5. The maximum Gasteiger partial charge on any atom is 0.306 e. The predicted octanol–water partition coefficient (Wildman–Crippen LogP) is 2.59. The Morgan fingerprint density at radius 1 is 1.36 bits per heavy atom. The van der Waals surface area contributed by atoms with E-state index in [0.29, 0.717) is 6.42 Å². The SMILES string of the molecule is CN=CCCCCC(=O)OC(C)(C)C. The van der Waals surface area contributed by atoms with E-state index < -0.39 is 0 Å². The predicted molar refractivity (Wildman–Crippen MR) is 58.7 cm³/mol. The molecule has 0 unspecified atom stereocenters. The minimum atomic E-state index is -0.359. The lowest BCUT2D eigenvalue weighted by atomic mass is 10.1. The molecular formula is C11H21NO2. The summed E-state index contributed by atoms with van der Waals surface area (Å²) in [5.41, 5.74) is -0.359. The van der Waals surface area contributed by atoms with Crippen molar-refractivity contribution < 1.29 is 9.53 Å². The fraction of sp³-hybridized carbons (Fsp3) is 0.818. The Balaban J connectivity index is 3.45. The highest BCUT2D eigenvalue weighted by Gasteiger charge is 2.15. The number of aliphatic imine (C=N–C) groups is 1. The second-order valence-corrected chi connectivity index (χ2v) is 4.27. The number of esters is 1. The van der Waals surface area contributed by atoms with E-state index >= 15 is 0 Å². The van der Waals surface area contributed by atoms with Crippen molar-refractivity contribution in [3.63, 3.8) is 0 Å². The molecule has 0 bridgehead atoms. The summed E-state index contributed by atoms with van der Waals surface area (Å²) in [6.07, 6.45) is 5.20. The Bertz CT molecular complexity index is 192. The van der Waals surface area contributed by atoms with Crippen LogP contribution in [0.25, 0.3) is 0 Å².